The maximum Gasteiger partial charge on any atom is 0.265 e. The first-order valence-electron chi connectivity index (χ1n) is 9.20. The smallest absolute Gasteiger partial charge is 0.265 e. The van der Waals surface area contributed by atoms with Crippen molar-refractivity contribution in [1.29, 1.82) is 0 Å². The van der Waals surface area contributed by atoms with Crippen molar-refractivity contribution in [2.45, 2.75) is 13.5 Å². The molecule has 2 amide bonds. The molecule has 6 heteroatoms. The minimum absolute atomic E-state index is 0.00154. The quantitative estimate of drug-likeness (QED) is 0.612. The molecule has 0 bridgehead atoms. The number of nitrogens with one attached hydrogen (secondary N) is 1. The van der Waals surface area contributed by atoms with Gasteiger partial charge in [-0.2, -0.15) is 0 Å². The van der Waals surface area contributed by atoms with Crippen LogP contribution in [0.4, 0.5) is 11.4 Å². The van der Waals surface area contributed by atoms with Crippen LogP contribution in [0.3, 0.4) is 0 Å². The lowest BCUT2D eigenvalue weighted by atomic mass is 10.1. The molecule has 3 aromatic carbocycles. The molecule has 0 saturated heterocycles. The van der Waals surface area contributed by atoms with E-state index in [-0.39, 0.29) is 18.4 Å². The van der Waals surface area contributed by atoms with Crippen LogP contribution in [0.1, 0.15) is 21.5 Å². The highest BCUT2D eigenvalue weighted by Crippen LogP contribution is 2.35. The number of carbonyl (C=O) groups is 2. The third-order valence-electron chi connectivity index (χ3n) is 4.80. The third-order valence-corrected chi connectivity index (χ3v) is 5.33. The number of anilines is 2. The number of hydrogen-bond donors (Lipinski definition) is 1. The number of fused-ring (bicyclic) bond motifs is 1. The molecule has 0 fully saturated rings. The summed E-state index contributed by atoms with van der Waals surface area (Å²) in [5, 5.41) is 2.92. The molecule has 3 aromatic rings. The zero-order valence-electron chi connectivity index (χ0n) is 15.8. The molecule has 1 aliphatic rings. The Morgan fingerprint density at radius 2 is 1.86 bits per heavy atom. The molecule has 29 heavy (non-hydrogen) atoms. The van der Waals surface area contributed by atoms with E-state index in [0.717, 1.165) is 15.6 Å². The molecular weight excluding hydrogens is 432 g/mol. The molecule has 1 N–H and O–H groups in total. The van der Waals surface area contributed by atoms with E-state index in [1.165, 1.54) is 0 Å². The average Bonchev–Trinajstić information content (AvgIpc) is 2.72. The Kier molecular flexibility index (Phi) is 5.36. The first-order chi connectivity index (χ1) is 14.0. The molecular formula is C23H19BrN2O3. The Balaban J connectivity index is 1.61. The van der Waals surface area contributed by atoms with Gasteiger partial charge in [-0.05, 0) is 54.4 Å². The van der Waals surface area contributed by atoms with Crippen molar-refractivity contribution in [2.24, 2.45) is 0 Å². The lowest BCUT2D eigenvalue weighted by molar-refractivity contribution is -0.121. The van der Waals surface area contributed by atoms with Gasteiger partial charge in [0.25, 0.3) is 11.8 Å². The van der Waals surface area contributed by atoms with Gasteiger partial charge in [-0.25, -0.2) is 0 Å². The van der Waals surface area contributed by atoms with Gasteiger partial charge in [0.05, 0.1) is 12.2 Å². The first-order valence-corrected chi connectivity index (χ1v) is 9.99. The second-order valence-corrected chi connectivity index (χ2v) is 7.76. The number of ether oxygens (including phenoxy) is 1. The number of rotatable bonds is 4. The summed E-state index contributed by atoms with van der Waals surface area (Å²) in [7, 11) is 0. The van der Waals surface area contributed by atoms with Crippen LogP contribution in [0.5, 0.6) is 5.75 Å². The second kappa shape index (κ2) is 8.09. The van der Waals surface area contributed by atoms with Crippen molar-refractivity contribution in [2.75, 3.05) is 16.8 Å². The van der Waals surface area contributed by atoms with Crippen LogP contribution < -0.4 is 15.0 Å². The third kappa shape index (κ3) is 4.17. The number of halogens is 1. The monoisotopic (exact) mass is 450 g/mol. The highest BCUT2D eigenvalue weighted by Gasteiger charge is 2.26. The van der Waals surface area contributed by atoms with Crippen LogP contribution in [0, 0.1) is 6.92 Å². The molecule has 0 unspecified atom stereocenters. The summed E-state index contributed by atoms with van der Waals surface area (Å²) in [4.78, 5) is 26.9. The van der Waals surface area contributed by atoms with Crippen LogP contribution in [-0.2, 0) is 11.3 Å². The summed E-state index contributed by atoms with van der Waals surface area (Å²) in [6.45, 7) is 2.32. The van der Waals surface area contributed by atoms with Crippen LogP contribution in [0.15, 0.2) is 71.2 Å². The number of benzene rings is 3. The predicted octanol–water partition coefficient (Wildman–Crippen LogP) is 4.94. The molecule has 0 saturated carbocycles. The first kappa shape index (κ1) is 19.2. The van der Waals surface area contributed by atoms with Gasteiger partial charge in [0, 0.05) is 15.7 Å². The largest absolute Gasteiger partial charge is 0.482 e. The fourth-order valence-electron chi connectivity index (χ4n) is 3.25. The van der Waals surface area contributed by atoms with Gasteiger partial charge in [0.2, 0.25) is 0 Å². The number of amides is 2. The fourth-order valence-corrected chi connectivity index (χ4v) is 3.52. The molecule has 146 valence electrons. The lowest BCUT2D eigenvalue weighted by Gasteiger charge is -2.30. The summed E-state index contributed by atoms with van der Waals surface area (Å²) >= 11 is 3.42. The fraction of sp³-hybridized carbons (Fsp3) is 0.130. The zero-order chi connectivity index (χ0) is 20.4. The average molecular weight is 451 g/mol. The van der Waals surface area contributed by atoms with E-state index in [1.54, 1.807) is 29.2 Å². The lowest BCUT2D eigenvalue weighted by Crippen LogP contribution is -2.38. The van der Waals surface area contributed by atoms with Crippen molar-refractivity contribution in [3.05, 3.63) is 87.9 Å². The molecule has 0 atom stereocenters. The van der Waals surface area contributed by atoms with Gasteiger partial charge in [0.15, 0.2) is 6.61 Å². The van der Waals surface area contributed by atoms with Crippen molar-refractivity contribution < 1.29 is 14.3 Å². The summed E-state index contributed by atoms with van der Waals surface area (Å²) < 4.78 is 6.56. The van der Waals surface area contributed by atoms with Gasteiger partial charge in [-0.1, -0.05) is 46.3 Å². The molecule has 4 rings (SSSR count). The topological polar surface area (TPSA) is 58.6 Å². The maximum atomic E-state index is 12.6. The van der Waals surface area contributed by atoms with Crippen molar-refractivity contribution in [3.63, 3.8) is 0 Å². The van der Waals surface area contributed by atoms with Gasteiger partial charge in [0.1, 0.15) is 5.75 Å². The van der Waals surface area contributed by atoms with Gasteiger partial charge < -0.3 is 15.0 Å². The molecule has 0 aliphatic carbocycles. The van der Waals surface area contributed by atoms with Crippen molar-refractivity contribution in [3.8, 4) is 5.75 Å². The molecule has 0 spiro atoms. The number of aryl methyl sites for hydroxylation is 1. The SMILES string of the molecule is Cc1ccccc1C(=O)Nc1ccc2c(c1)N(Cc1ccc(Br)cc1)C(=O)CO2. The molecule has 0 aromatic heterocycles. The highest BCUT2D eigenvalue weighted by molar-refractivity contribution is 9.10. The highest BCUT2D eigenvalue weighted by atomic mass is 79.9. The summed E-state index contributed by atoms with van der Waals surface area (Å²) in [6, 6.07) is 20.6. The van der Waals surface area contributed by atoms with E-state index in [9.17, 15) is 9.59 Å². The van der Waals surface area contributed by atoms with Crippen molar-refractivity contribution in [1.82, 2.24) is 0 Å². The van der Waals surface area contributed by atoms with E-state index in [2.05, 4.69) is 21.2 Å². The number of carbonyl (C=O) groups excluding carboxylic acids is 2. The second-order valence-electron chi connectivity index (χ2n) is 6.85. The summed E-state index contributed by atoms with van der Waals surface area (Å²) in [5.41, 5.74) is 3.77. The number of nitrogens with zero attached hydrogens (tertiary/aromatic N) is 1. The Hall–Kier alpha value is -3.12. The molecule has 5 nitrogen and oxygen atoms in total. The van der Waals surface area contributed by atoms with E-state index < -0.39 is 0 Å². The normalized spacial score (nSPS) is 12.9. The summed E-state index contributed by atoms with van der Waals surface area (Å²) in [6.07, 6.45) is 0. The van der Waals surface area contributed by atoms with Crippen LogP contribution in [-0.4, -0.2) is 18.4 Å². The minimum atomic E-state index is -0.189. The van der Waals surface area contributed by atoms with Crippen molar-refractivity contribution >= 4 is 39.1 Å². The molecule has 0 radical (unpaired) electrons. The Morgan fingerprint density at radius 3 is 2.62 bits per heavy atom. The van der Waals surface area contributed by atoms with E-state index >= 15 is 0 Å². The molecule has 1 aliphatic heterocycles. The Bertz CT molecular complexity index is 1080. The van der Waals surface area contributed by atoms with Crippen LogP contribution >= 0.6 is 15.9 Å². The zero-order valence-corrected chi connectivity index (χ0v) is 17.4. The van der Waals surface area contributed by atoms with Crippen LogP contribution in [0.2, 0.25) is 0 Å². The van der Waals surface area contributed by atoms with E-state index in [4.69, 9.17) is 4.74 Å². The predicted molar refractivity (Wildman–Crippen MR) is 116 cm³/mol. The van der Waals surface area contributed by atoms with Gasteiger partial charge >= 0.3 is 0 Å². The van der Waals surface area contributed by atoms with Gasteiger partial charge in [-0.3, -0.25) is 9.59 Å². The standard InChI is InChI=1S/C23H19BrN2O3/c1-15-4-2-3-5-19(15)23(28)25-18-10-11-21-20(12-18)26(22(27)14-29-21)13-16-6-8-17(24)9-7-16/h2-12H,13-14H2,1H3,(H,25,28). The van der Waals surface area contributed by atoms with Crippen LogP contribution in [0.25, 0.3) is 0 Å². The Labute approximate surface area is 177 Å². The maximum absolute atomic E-state index is 12.6. The number of hydrogen-bond acceptors (Lipinski definition) is 3. The van der Waals surface area contributed by atoms with E-state index in [1.807, 2.05) is 49.4 Å². The molecule has 1 heterocycles. The Morgan fingerprint density at radius 1 is 1.10 bits per heavy atom. The summed E-state index contributed by atoms with van der Waals surface area (Å²) in [5.74, 6) is 0.309. The minimum Gasteiger partial charge on any atom is -0.482 e. The van der Waals surface area contributed by atoms with E-state index in [0.29, 0.717) is 29.2 Å². The van der Waals surface area contributed by atoms with Gasteiger partial charge in [-0.15, -0.1) is 0 Å².